The number of amides is 1. The molecule has 0 saturated heterocycles. The summed E-state index contributed by atoms with van der Waals surface area (Å²) >= 11 is 5.14. The Hall–Kier alpha value is -1.46. The van der Waals surface area contributed by atoms with Crippen LogP contribution in [0.25, 0.3) is 0 Å². The molecule has 0 fully saturated rings. The lowest BCUT2D eigenvalue weighted by molar-refractivity contribution is -0.139. The number of thiocarbonyl (C=S) groups is 1. The van der Waals surface area contributed by atoms with Crippen molar-refractivity contribution in [2.24, 2.45) is 11.1 Å². The Labute approximate surface area is 131 Å². The minimum absolute atomic E-state index is 0.0839. The van der Waals surface area contributed by atoms with Crippen LogP contribution in [0.4, 0.5) is 0 Å². The standard InChI is InChI=1S/C16H24N2O2S/c1-3-16(4-2,14(17)21)15(20)18(10-11-19)12-13-8-6-5-7-9-13/h5-9,19H,3-4,10-12H2,1-2H3,(H2,17,21). The van der Waals surface area contributed by atoms with Crippen LogP contribution in [0.15, 0.2) is 30.3 Å². The molecule has 5 heteroatoms. The Morgan fingerprint density at radius 2 is 1.86 bits per heavy atom. The van der Waals surface area contributed by atoms with Gasteiger partial charge in [0.25, 0.3) is 0 Å². The van der Waals surface area contributed by atoms with Crippen LogP contribution >= 0.6 is 12.2 Å². The van der Waals surface area contributed by atoms with E-state index in [0.717, 1.165) is 5.56 Å². The van der Waals surface area contributed by atoms with Gasteiger partial charge in [-0.05, 0) is 18.4 Å². The lowest BCUT2D eigenvalue weighted by Crippen LogP contribution is -2.50. The first kappa shape index (κ1) is 17.6. The maximum absolute atomic E-state index is 12.9. The van der Waals surface area contributed by atoms with Gasteiger partial charge < -0.3 is 15.7 Å². The number of aliphatic hydroxyl groups excluding tert-OH is 1. The van der Waals surface area contributed by atoms with Crippen molar-refractivity contribution >= 4 is 23.1 Å². The molecule has 0 heterocycles. The molecule has 1 rings (SSSR count). The summed E-state index contributed by atoms with van der Waals surface area (Å²) in [5.74, 6) is -0.0992. The molecule has 1 amide bonds. The van der Waals surface area contributed by atoms with Gasteiger partial charge in [-0.2, -0.15) is 0 Å². The average Bonchev–Trinajstić information content (AvgIpc) is 2.49. The van der Waals surface area contributed by atoms with E-state index >= 15 is 0 Å². The predicted molar refractivity (Wildman–Crippen MR) is 88.7 cm³/mol. The third kappa shape index (κ3) is 4.02. The summed E-state index contributed by atoms with van der Waals surface area (Å²) in [6.45, 7) is 4.47. The second-order valence-corrected chi connectivity index (χ2v) is 5.53. The van der Waals surface area contributed by atoms with Gasteiger partial charge in [0.1, 0.15) is 0 Å². The fourth-order valence-electron chi connectivity index (χ4n) is 2.49. The van der Waals surface area contributed by atoms with E-state index in [4.69, 9.17) is 18.0 Å². The molecule has 0 bridgehead atoms. The van der Waals surface area contributed by atoms with E-state index < -0.39 is 5.41 Å². The molecule has 0 spiro atoms. The molecule has 21 heavy (non-hydrogen) atoms. The van der Waals surface area contributed by atoms with Crippen molar-refractivity contribution in [2.75, 3.05) is 13.2 Å². The zero-order valence-electron chi connectivity index (χ0n) is 12.7. The molecule has 0 atom stereocenters. The number of aliphatic hydroxyl groups is 1. The van der Waals surface area contributed by atoms with Gasteiger partial charge in [0.15, 0.2) is 0 Å². The van der Waals surface area contributed by atoms with Crippen LogP contribution in [0.1, 0.15) is 32.3 Å². The van der Waals surface area contributed by atoms with Gasteiger partial charge in [-0.25, -0.2) is 0 Å². The van der Waals surface area contributed by atoms with Crippen LogP contribution < -0.4 is 5.73 Å². The van der Waals surface area contributed by atoms with Gasteiger partial charge in [-0.15, -0.1) is 0 Å². The normalized spacial score (nSPS) is 11.2. The molecule has 0 radical (unpaired) electrons. The number of rotatable bonds is 8. The minimum Gasteiger partial charge on any atom is -0.395 e. The molecule has 0 aliphatic rings. The van der Waals surface area contributed by atoms with Gasteiger partial charge in [0, 0.05) is 13.1 Å². The number of hydrogen-bond donors (Lipinski definition) is 2. The zero-order chi connectivity index (χ0) is 15.9. The van der Waals surface area contributed by atoms with E-state index in [9.17, 15) is 9.90 Å². The molecule has 1 aromatic carbocycles. The van der Waals surface area contributed by atoms with Crippen LogP contribution in [0.3, 0.4) is 0 Å². The summed E-state index contributed by atoms with van der Waals surface area (Å²) in [6, 6.07) is 9.70. The van der Waals surface area contributed by atoms with E-state index in [-0.39, 0.29) is 24.0 Å². The zero-order valence-corrected chi connectivity index (χ0v) is 13.5. The molecule has 0 aliphatic carbocycles. The van der Waals surface area contributed by atoms with Crippen molar-refractivity contribution in [1.82, 2.24) is 4.90 Å². The molecular formula is C16H24N2O2S. The lowest BCUT2D eigenvalue weighted by atomic mass is 9.80. The highest BCUT2D eigenvalue weighted by atomic mass is 32.1. The summed E-state index contributed by atoms with van der Waals surface area (Å²) in [5, 5.41) is 9.26. The van der Waals surface area contributed by atoms with Gasteiger partial charge in [-0.1, -0.05) is 56.4 Å². The third-order valence-electron chi connectivity index (χ3n) is 3.96. The van der Waals surface area contributed by atoms with Gasteiger partial charge in [0.2, 0.25) is 5.91 Å². The summed E-state index contributed by atoms with van der Waals surface area (Å²) in [6.07, 6.45) is 1.13. The number of nitrogens with zero attached hydrogens (tertiary/aromatic N) is 1. The average molecular weight is 308 g/mol. The fraction of sp³-hybridized carbons (Fsp3) is 0.500. The van der Waals surface area contributed by atoms with Crippen molar-refractivity contribution in [1.29, 1.82) is 0 Å². The number of carbonyl (C=O) groups is 1. The van der Waals surface area contributed by atoms with E-state index in [0.29, 0.717) is 19.4 Å². The largest absolute Gasteiger partial charge is 0.395 e. The highest BCUT2D eigenvalue weighted by Gasteiger charge is 2.40. The van der Waals surface area contributed by atoms with Crippen LogP contribution in [0, 0.1) is 5.41 Å². The van der Waals surface area contributed by atoms with Crippen molar-refractivity contribution in [2.45, 2.75) is 33.2 Å². The lowest BCUT2D eigenvalue weighted by Gasteiger charge is -2.35. The summed E-state index contributed by atoms with van der Waals surface area (Å²) < 4.78 is 0. The van der Waals surface area contributed by atoms with E-state index in [1.165, 1.54) is 0 Å². The molecule has 0 unspecified atom stereocenters. The van der Waals surface area contributed by atoms with E-state index in [1.807, 2.05) is 44.2 Å². The van der Waals surface area contributed by atoms with Crippen LogP contribution in [0.5, 0.6) is 0 Å². The van der Waals surface area contributed by atoms with Gasteiger partial charge in [-0.3, -0.25) is 4.79 Å². The topological polar surface area (TPSA) is 66.6 Å². The highest BCUT2D eigenvalue weighted by molar-refractivity contribution is 7.80. The van der Waals surface area contributed by atoms with Gasteiger partial charge >= 0.3 is 0 Å². The minimum atomic E-state index is -0.820. The molecule has 0 aliphatic heterocycles. The second-order valence-electron chi connectivity index (χ2n) is 5.09. The second kappa shape index (κ2) is 8.10. The van der Waals surface area contributed by atoms with Crippen LogP contribution in [-0.4, -0.2) is 34.1 Å². The maximum Gasteiger partial charge on any atom is 0.235 e. The first-order chi connectivity index (χ1) is 10.0. The van der Waals surface area contributed by atoms with Crippen molar-refractivity contribution in [3.8, 4) is 0 Å². The van der Waals surface area contributed by atoms with Crippen molar-refractivity contribution in [3.63, 3.8) is 0 Å². The van der Waals surface area contributed by atoms with Crippen molar-refractivity contribution in [3.05, 3.63) is 35.9 Å². The first-order valence-corrected chi connectivity index (χ1v) is 7.66. The number of carbonyl (C=O) groups excluding carboxylic acids is 1. The molecule has 0 aromatic heterocycles. The number of benzene rings is 1. The van der Waals surface area contributed by atoms with E-state index in [2.05, 4.69) is 0 Å². The van der Waals surface area contributed by atoms with Crippen LogP contribution in [-0.2, 0) is 11.3 Å². The van der Waals surface area contributed by atoms with Crippen LogP contribution in [0.2, 0.25) is 0 Å². The van der Waals surface area contributed by atoms with Gasteiger partial charge in [0.05, 0.1) is 17.0 Å². The Balaban J connectivity index is 3.03. The Morgan fingerprint density at radius 1 is 1.29 bits per heavy atom. The number of nitrogens with two attached hydrogens (primary N) is 1. The Bertz CT molecular complexity index is 472. The monoisotopic (exact) mass is 308 g/mol. The fourth-order valence-corrected chi connectivity index (χ4v) is 2.86. The van der Waals surface area contributed by atoms with Crippen molar-refractivity contribution < 1.29 is 9.90 Å². The Morgan fingerprint density at radius 3 is 2.29 bits per heavy atom. The maximum atomic E-state index is 12.9. The highest BCUT2D eigenvalue weighted by Crippen LogP contribution is 2.30. The molecular weight excluding hydrogens is 284 g/mol. The molecule has 4 nitrogen and oxygen atoms in total. The third-order valence-corrected chi connectivity index (χ3v) is 4.35. The Kier molecular flexibility index (Phi) is 6.78. The molecule has 1 aromatic rings. The molecule has 0 saturated carbocycles. The number of hydrogen-bond acceptors (Lipinski definition) is 3. The SMILES string of the molecule is CCC(CC)(C(=O)N(CCO)Cc1ccccc1)C(N)=S. The predicted octanol–water partition coefficient (Wildman–Crippen LogP) is 2.10. The molecule has 116 valence electrons. The smallest absolute Gasteiger partial charge is 0.235 e. The molecule has 3 N–H and O–H groups in total. The summed E-state index contributed by atoms with van der Waals surface area (Å²) in [7, 11) is 0. The quantitative estimate of drug-likeness (QED) is 0.722. The van der Waals surface area contributed by atoms with E-state index in [1.54, 1.807) is 4.90 Å². The summed E-state index contributed by atoms with van der Waals surface area (Å²) in [4.78, 5) is 14.8. The summed E-state index contributed by atoms with van der Waals surface area (Å²) in [5.41, 5.74) is 6.04. The first-order valence-electron chi connectivity index (χ1n) is 7.25.